The molecule has 0 saturated carbocycles. The number of carbonyl (C=O) groups excluding carboxylic acids is 2. The van der Waals surface area contributed by atoms with Crippen molar-refractivity contribution in [1.29, 1.82) is 0 Å². The number of amides is 1. The third-order valence-corrected chi connectivity index (χ3v) is 5.21. The minimum absolute atomic E-state index is 0.0112. The molecule has 128 valence electrons. The normalized spacial score (nSPS) is 14.6. The maximum absolute atomic E-state index is 12.7. The Bertz CT molecular complexity index is 799. The number of hydrogen-bond donors (Lipinski definition) is 0. The van der Waals surface area contributed by atoms with Crippen LogP contribution in [0, 0.1) is 0 Å². The van der Waals surface area contributed by atoms with Crippen LogP contribution in [0.4, 0.5) is 5.69 Å². The summed E-state index contributed by atoms with van der Waals surface area (Å²) in [5.41, 5.74) is 1.51. The molecule has 0 bridgehead atoms. The number of fused-ring (bicyclic) bond motifs is 1. The lowest BCUT2D eigenvalue weighted by Crippen LogP contribution is -2.25. The minimum Gasteiger partial charge on any atom is -0.288 e. The summed E-state index contributed by atoms with van der Waals surface area (Å²) in [6, 6.07) is 17.1. The number of nitrogens with zero attached hydrogens (tertiary/aromatic N) is 1. The molecule has 0 aliphatic carbocycles. The van der Waals surface area contributed by atoms with E-state index in [0.29, 0.717) is 16.9 Å². The van der Waals surface area contributed by atoms with E-state index in [0.717, 1.165) is 29.8 Å². The molecule has 2 aromatic carbocycles. The number of Topliss-reactive ketones (excluding diaryl/α,β-unsaturated/α-hetero) is 1. The Kier molecular flexibility index (Phi) is 5.71. The standard InChI is InChI=1S/C21H21NO2S/c1-2-3-5-14-20(23)22(16-10-6-4-7-11-16)15-19-21(24)17-12-8-9-13-18(17)25-19/h4,6-13,15H,2-3,5,14H2,1H3. The van der Waals surface area contributed by atoms with Crippen LogP contribution in [-0.2, 0) is 4.79 Å². The summed E-state index contributed by atoms with van der Waals surface area (Å²) in [6.45, 7) is 2.12. The summed E-state index contributed by atoms with van der Waals surface area (Å²) in [5, 5.41) is 0. The van der Waals surface area contributed by atoms with Crippen LogP contribution >= 0.6 is 11.8 Å². The number of rotatable bonds is 6. The molecule has 0 aromatic heterocycles. The van der Waals surface area contributed by atoms with Crippen LogP contribution in [0.5, 0.6) is 0 Å². The molecule has 2 aromatic rings. The number of unbranched alkanes of at least 4 members (excludes halogenated alkanes) is 2. The van der Waals surface area contributed by atoms with E-state index in [9.17, 15) is 9.59 Å². The highest BCUT2D eigenvalue weighted by Crippen LogP contribution is 2.40. The second-order valence-corrected chi connectivity index (χ2v) is 7.06. The number of carbonyl (C=O) groups is 2. The molecule has 4 heteroatoms. The van der Waals surface area contributed by atoms with Gasteiger partial charge in [0.15, 0.2) is 0 Å². The van der Waals surface area contributed by atoms with Crippen molar-refractivity contribution in [3.63, 3.8) is 0 Å². The maximum atomic E-state index is 12.7. The smallest absolute Gasteiger partial charge is 0.231 e. The average molecular weight is 351 g/mol. The van der Waals surface area contributed by atoms with Gasteiger partial charge in [0, 0.05) is 28.8 Å². The number of para-hydroxylation sites is 1. The lowest BCUT2D eigenvalue weighted by Gasteiger charge is -2.19. The van der Waals surface area contributed by atoms with Crippen LogP contribution < -0.4 is 4.90 Å². The van der Waals surface area contributed by atoms with E-state index in [-0.39, 0.29) is 11.7 Å². The van der Waals surface area contributed by atoms with Gasteiger partial charge in [0.05, 0.1) is 4.91 Å². The van der Waals surface area contributed by atoms with E-state index in [1.165, 1.54) is 11.8 Å². The van der Waals surface area contributed by atoms with Crippen molar-refractivity contribution in [3.8, 4) is 0 Å². The van der Waals surface area contributed by atoms with Gasteiger partial charge in [0.1, 0.15) is 0 Å². The lowest BCUT2D eigenvalue weighted by atomic mass is 10.1. The predicted molar refractivity (Wildman–Crippen MR) is 103 cm³/mol. The minimum atomic E-state index is -0.0112. The van der Waals surface area contributed by atoms with Crippen molar-refractivity contribution in [3.05, 3.63) is 71.3 Å². The van der Waals surface area contributed by atoms with E-state index in [4.69, 9.17) is 0 Å². The Hall–Kier alpha value is -2.33. The first kappa shape index (κ1) is 17.5. The summed E-state index contributed by atoms with van der Waals surface area (Å²) in [4.78, 5) is 28.5. The number of thioether (sulfide) groups is 1. The Balaban J connectivity index is 1.88. The topological polar surface area (TPSA) is 37.4 Å². The van der Waals surface area contributed by atoms with Crippen molar-refractivity contribution in [2.75, 3.05) is 4.90 Å². The molecule has 0 saturated heterocycles. The highest BCUT2D eigenvalue weighted by molar-refractivity contribution is 8.04. The summed E-state index contributed by atoms with van der Waals surface area (Å²) in [7, 11) is 0. The van der Waals surface area contributed by atoms with Crippen LogP contribution in [0.1, 0.15) is 43.0 Å². The Morgan fingerprint density at radius 2 is 1.76 bits per heavy atom. The van der Waals surface area contributed by atoms with Gasteiger partial charge in [-0.2, -0.15) is 0 Å². The summed E-state index contributed by atoms with van der Waals surface area (Å²) >= 11 is 1.43. The van der Waals surface area contributed by atoms with Gasteiger partial charge in [-0.1, -0.05) is 61.9 Å². The SMILES string of the molecule is CCCCCC(=O)N(C=C1Sc2ccccc2C1=O)c1ccccc1. The maximum Gasteiger partial charge on any atom is 0.231 e. The number of anilines is 1. The predicted octanol–water partition coefficient (Wildman–Crippen LogP) is 5.43. The largest absolute Gasteiger partial charge is 0.288 e. The fourth-order valence-corrected chi connectivity index (χ4v) is 3.78. The van der Waals surface area contributed by atoms with Crippen molar-refractivity contribution in [1.82, 2.24) is 0 Å². The van der Waals surface area contributed by atoms with E-state index in [1.54, 1.807) is 11.1 Å². The zero-order chi connectivity index (χ0) is 17.6. The highest BCUT2D eigenvalue weighted by Gasteiger charge is 2.27. The zero-order valence-corrected chi connectivity index (χ0v) is 15.1. The highest BCUT2D eigenvalue weighted by atomic mass is 32.2. The molecular formula is C21H21NO2S. The van der Waals surface area contributed by atoms with E-state index < -0.39 is 0 Å². The van der Waals surface area contributed by atoms with Crippen molar-refractivity contribution < 1.29 is 9.59 Å². The van der Waals surface area contributed by atoms with Crippen LogP contribution in [0.2, 0.25) is 0 Å². The Labute approximate surface area is 152 Å². The van der Waals surface area contributed by atoms with Gasteiger partial charge in [-0.25, -0.2) is 0 Å². The molecule has 1 heterocycles. The van der Waals surface area contributed by atoms with E-state index in [2.05, 4.69) is 6.92 Å². The number of allylic oxidation sites excluding steroid dienone is 1. The molecule has 1 amide bonds. The fraction of sp³-hybridized carbons (Fsp3) is 0.238. The summed E-state index contributed by atoms with van der Waals surface area (Å²) in [5.74, 6) is 0.0133. The first-order chi connectivity index (χ1) is 12.2. The molecule has 0 N–H and O–H groups in total. The van der Waals surface area contributed by atoms with Gasteiger partial charge in [0.2, 0.25) is 11.7 Å². The third-order valence-electron chi connectivity index (χ3n) is 4.12. The van der Waals surface area contributed by atoms with Crippen molar-refractivity contribution in [2.24, 2.45) is 0 Å². The molecule has 1 aliphatic rings. The molecule has 0 unspecified atom stereocenters. The number of ketones is 1. The second kappa shape index (κ2) is 8.17. The van der Waals surface area contributed by atoms with Gasteiger partial charge in [0.25, 0.3) is 0 Å². The van der Waals surface area contributed by atoms with Gasteiger partial charge < -0.3 is 0 Å². The van der Waals surface area contributed by atoms with Gasteiger partial charge in [-0.05, 0) is 30.7 Å². The second-order valence-electron chi connectivity index (χ2n) is 5.98. The summed E-state index contributed by atoms with van der Waals surface area (Å²) in [6.07, 6.45) is 5.16. The first-order valence-electron chi connectivity index (χ1n) is 8.61. The molecule has 1 aliphatic heterocycles. The van der Waals surface area contributed by atoms with E-state index in [1.807, 2.05) is 54.6 Å². The van der Waals surface area contributed by atoms with E-state index >= 15 is 0 Å². The molecule has 0 atom stereocenters. The quantitative estimate of drug-likeness (QED) is 0.514. The van der Waals surface area contributed by atoms with Crippen LogP contribution in [0.25, 0.3) is 0 Å². The van der Waals surface area contributed by atoms with Gasteiger partial charge in [-0.15, -0.1) is 0 Å². The van der Waals surface area contributed by atoms with Crippen LogP contribution in [0.15, 0.2) is 70.6 Å². The lowest BCUT2D eigenvalue weighted by molar-refractivity contribution is -0.118. The van der Waals surface area contributed by atoms with Crippen LogP contribution in [-0.4, -0.2) is 11.7 Å². The number of benzene rings is 2. The first-order valence-corrected chi connectivity index (χ1v) is 9.43. The molecule has 0 spiro atoms. The third kappa shape index (κ3) is 4.02. The zero-order valence-electron chi connectivity index (χ0n) is 14.3. The molecule has 0 radical (unpaired) electrons. The molecular weight excluding hydrogens is 330 g/mol. The number of hydrogen-bond acceptors (Lipinski definition) is 3. The molecule has 3 rings (SSSR count). The summed E-state index contributed by atoms with van der Waals surface area (Å²) < 4.78 is 0. The van der Waals surface area contributed by atoms with Crippen molar-refractivity contribution in [2.45, 2.75) is 37.5 Å². The van der Waals surface area contributed by atoms with Gasteiger partial charge in [-0.3, -0.25) is 14.5 Å². The van der Waals surface area contributed by atoms with Crippen molar-refractivity contribution >= 4 is 29.1 Å². The molecule has 25 heavy (non-hydrogen) atoms. The molecule has 3 nitrogen and oxygen atoms in total. The van der Waals surface area contributed by atoms with Crippen LogP contribution in [0.3, 0.4) is 0 Å². The molecule has 0 fully saturated rings. The average Bonchev–Trinajstić information content (AvgIpc) is 2.96. The Morgan fingerprint density at radius 3 is 2.48 bits per heavy atom. The Morgan fingerprint density at radius 1 is 1.04 bits per heavy atom. The van der Waals surface area contributed by atoms with Gasteiger partial charge >= 0.3 is 0 Å². The fourth-order valence-electron chi connectivity index (χ4n) is 2.77. The monoisotopic (exact) mass is 351 g/mol.